The van der Waals surface area contributed by atoms with Crippen LogP contribution in [0.1, 0.15) is 15.9 Å². The summed E-state index contributed by atoms with van der Waals surface area (Å²) >= 11 is 0. The van der Waals surface area contributed by atoms with Gasteiger partial charge in [0.05, 0.1) is 13.2 Å². The molecular weight excluding hydrogens is 318 g/mol. The number of hydrogen-bond donors (Lipinski definition) is 0. The number of rotatable bonds is 4. The molecule has 2 aromatic carbocycles. The Hall–Kier alpha value is -2.92. The summed E-state index contributed by atoms with van der Waals surface area (Å²) in [5.41, 5.74) is 1.42. The van der Waals surface area contributed by atoms with Gasteiger partial charge in [-0.15, -0.1) is 0 Å². The summed E-state index contributed by atoms with van der Waals surface area (Å²) in [4.78, 5) is 25.8. The van der Waals surface area contributed by atoms with Crippen molar-refractivity contribution in [3.05, 3.63) is 71.8 Å². The summed E-state index contributed by atoms with van der Waals surface area (Å²) in [6, 6.07) is 16.1. The quantitative estimate of drug-likeness (QED) is 0.634. The highest BCUT2D eigenvalue weighted by atomic mass is 16.6. The van der Waals surface area contributed by atoms with Crippen molar-refractivity contribution in [1.82, 2.24) is 4.90 Å². The van der Waals surface area contributed by atoms with Crippen LogP contribution in [0.2, 0.25) is 0 Å². The summed E-state index contributed by atoms with van der Waals surface area (Å²) in [5.74, 6) is 0.377. The van der Waals surface area contributed by atoms with Crippen molar-refractivity contribution < 1.29 is 19.1 Å². The fraction of sp³-hybridized carbons (Fsp3) is 0.200. The Balaban J connectivity index is 1.64. The molecule has 0 aliphatic carbocycles. The molecule has 0 spiro atoms. The van der Waals surface area contributed by atoms with Gasteiger partial charge < -0.3 is 14.4 Å². The Morgan fingerprint density at radius 3 is 2.52 bits per heavy atom. The van der Waals surface area contributed by atoms with Crippen LogP contribution in [0.4, 0.5) is 4.79 Å². The van der Waals surface area contributed by atoms with Gasteiger partial charge in [0.1, 0.15) is 5.75 Å². The van der Waals surface area contributed by atoms with Crippen molar-refractivity contribution in [3.8, 4) is 5.75 Å². The number of ether oxygens (including phenoxy) is 2. The van der Waals surface area contributed by atoms with Gasteiger partial charge in [0.25, 0.3) is 0 Å². The van der Waals surface area contributed by atoms with Gasteiger partial charge >= 0.3 is 6.09 Å². The largest absolute Gasteiger partial charge is 0.415 e. The molecule has 3 rings (SSSR count). The lowest BCUT2D eigenvalue weighted by molar-refractivity contribution is 0.0416. The van der Waals surface area contributed by atoms with Gasteiger partial charge in [-0.3, -0.25) is 4.79 Å². The molecule has 0 aromatic heterocycles. The molecule has 0 atom stereocenters. The maximum atomic E-state index is 12.1. The van der Waals surface area contributed by atoms with E-state index in [0.29, 0.717) is 37.6 Å². The standard InChI is InChI=1S/C20H19NO4/c22-19(17-6-2-1-3-7-17)10-9-16-5-4-8-18(15-16)25-20(23)21-11-13-24-14-12-21/h1-10,15H,11-14H2. The predicted molar refractivity (Wildman–Crippen MR) is 94.7 cm³/mol. The van der Waals surface area contributed by atoms with E-state index < -0.39 is 0 Å². The van der Waals surface area contributed by atoms with Gasteiger partial charge in [0.2, 0.25) is 0 Å². The Kier molecular flexibility index (Phi) is 5.59. The van der Waals surface area contributed by atoms with Gasteiger partial charge in [0, 0.05) is 18.7 Å². The summed E-state index contributed by atoms with van der Waals surface area (Å²) in [6.45, 7) is 2.12. The monoisotopic (exact) mass is 337 g/mol. The first kappa shape index (κ1) is 16.9. The van der Waals surface area contributed by atoms with Crippen molar-refractivity contribution in [3.63, 3.8) is 0 Å². The van der Waals surface area contributed by atoms with Crippen LogP contribution in [0.25, 0.3) is 6.08 Å². The molecule has 1 amide bonds. The lowest BCUT2D eigenvalue weighted by Crippen LogP contribution is -2.42. The smallest absolute Gasteiger partial charge is 0.410 e. The van der Waals surface area contributed by atoms with Crippen LogP contribution >= 0.6 is 0 Å². The van der Waals surface area contributed by atoms with E-state index in [9.17, 15) is 9.59 Å². The molecule has 2 aromatic rings. The summed E-state index contributed by atoms with van der Waals surface area (Å²) in [6.07, 6.45) is 2.84. The van der Waals surface area contributed by atoms with E-state index in [2.05, 4.69) is 0 Å². The second kappa shape index (κ2) is 8.26. The van der Waals surface area contributed by atoms with Crippen LogP contribution in [0.3, 0.4) is 0 Å². The average molecular weight is 337 g/mol. The van der Waals surface area contributed by atoms with E-state index in [1.54, 1.807) is 41.3 Å². The number of carbonyl (C=O) groups is 2. The van der Waals surface area contributed by atoms with E-state index in [1.807, 2.05) is 24.3 Å². The molecule has 0 saturated carbocycles. The third-order valence-corrected chi connectivity index (χ3v) is 3.82. The first-order valence-electron chi connectivity index (χ1n) is 8.14. The molecule has 1 heterocycles. The van der Waals surface area contributed by atoms with E-state index in [1.165, 1.54) is 6.08 Å². The molecule has 1 aliphatic heterocycles. The van der Waals surface area contributed by atoms with Crippen LogP contribution in [0.5, 0.6) is 5.75 Å². The lowest BCUT2D eigenvalue weighted by atomic mass is 10.1. The highest BCUT2D eigenvalue weighted by Crippen LogP contribution is 2.16. The van der Waals surface area contributed by atoms with E-state index in [-0.39, 0.29) is 11.9 Å². The second-order valence-corrected chi connectivity index (χ2v) is 5.60. The van der Waals surface area contributed by atoms with Crippen molar-refractivity contribution in [2.24, 2.45) is 0 Å². The third-order valence-electron chi connectivity index (χ3n) is 3.82. The first-order chi connectivity index (χ1) is 12.2. The number of nitrogens with zero attached hydrogens (tertiary/aromatic N) is 1. The fourth-order valence-electron chi connectivity index (χ4n) is 2.46. The Morgan fingerprint density at radius 1 is 1.00 bits per heavy atom. The molecule has 1 fully saturated rings. The molecule has 128 valence electrons. The molecule has 1 aliphatic rings. The number of allylic oxidation sites excluding steroid dienone is 1. The molecule has 5 nitrogen and oxygen atoms in total. The summed E-state index contributed by atoms with van der Waals surface area (Å²) < 4.78 is 10.6. The van der Waals surface area contributed by atoms with Crippen LogP contribution in [-0.4, -0.2) is 43.1 Å². The first-order valence-corrected chi connectivity index (χ1v) is 8.14. The van der Waals surface area contributed by atoms with Crippen LogP contribution in [-0.2, 0) is 4.74 Å². The zero-order chi connectivity index (χ0) is 17.5. The zero-order valence-electron chi connectivity index (χ0n) is 13.8. The van der Waals surface area contributed by atoms with Crippen molar-refractivity contribution in [2.45, 2.75) is 0 Å². The molecule has 25 heavy (non-hydrogen) atoms. The highest BCUT2D eigenvalue weighted by molar-refractivity contribution is 6.06. The molecule has 0 N–H and O–H groups in total. The van der Waals surface area contributed by atoms with Crippen LogP contribution in [0.15, 0.2) is 60.7 Å². The normalized spacial score (nSPS) is 14.5. The maximum Gasteiger partial charge on any atom is 0.415 e. The molecule has 0 unspecified atom stereocenters. The van der Waals surface area contributed by atoms with E-state index in [0.717, 1.165) is 5.56 Å². The van der Waals surface area contributed by atoms with Crippen molar-refractivity contribution in [1.29, 1.82) is 0 Å². The Labute approximate surface area is 146 Å². The highest BCUT2D eigenvalue weighted by Gasteiger charge is 2.18. The minimum absolute atomic E-state index is 0.0729. The molecule has 0 bridgehead atoms. The number of morpholine rings is 1. The minimum atomic E-state index is -0.384. The van der Waals surface area contributed by atoms with Crippen LogP contribution in [0, 0.1) is 0 Å². The number of benzene rings is 2. The van der Waals surface area contributed by atoms with Crippen molar-refractivity contribution >= 4 is 18.0 Å². The second-order valence-electron chi connectivity index (χ2n) is 5.60. The van der Waals surface area contributed by atoms with Gasteiger partial charge in [-0.25, -0.2) is 4.79 Å². The van der Waals surface area contributed by atoms with Gasteiger partial charge in [-0.05, 0) is 23.8 Å². The van der Waals surface area contributed by atoms with Crippen molar-refractivity contribution in [2.75, 3.05) is 26.3 Å². The van der Waals surface area contributed by atoms with Gasteiger partial charge in [-0.2, -0.15) is 0 Å². The molecule has 5 heteroatoms. The van der Waals surface area contributed by atoms with E-state index >= 15 is 0 Å². The number of amides is 1. The number of ketones is 1. The van der Waals surface area contributed by atoms with Crippen LogP contribution < -0.4 is 4.74 Å². The fourth-order valence-corrected chi connectivity index (χ4v) is 2.46. The number of carbonyl (C=O) groups excluding carboxylic acids is 2. The summed E-state index contributed by atoms with van der Waals surface area (Å²) in [7, 11) is 0. The third kappa shape index (κ3) is 4.78. The molecule has 0 radical (unpaired) electrons. The van der Waals surface area contributed by atoms with E-state index in [4.69, 9.17) is 9.47 Å². The zero-order valence-corrected chi connectivity index (χ0v) is 13.8. The lowest BCUT2D eigenvalue weighted by Gasteiger charge is -2.25. The topological polar surface area (TPSA) is 55.8 Å². The average Bonchev–Trinajstić information content (AvgIpc) is 2.68. The van der Waals surface area contributed by atoms with Gasteiger partial charge in [-0.1, -0.05) is 48.5 Å². The molecular formula is C20H19NO4. The SMILES string of the molecule is O=C(C=Cc1cccc(OC(=O)N2CCOCC2)c1)c1ccccc1. The molecule has 1 saturated heterocycles. The Morgan fingerprint density at radius 2 is 1.76 bits per heavy atom. The number of hydrogen-bond acceptors (Lipinski definition) is 4. The maximum absolute atomic E-state index is 12.1. The van der Waals surface area contributed by atoms with Gasteiger partial charge in [0.15, 0.2) is 5.78 Å². The minimum Gasteiger partial charge on any atom is -0.410 e. The predicted octanol–water partition coefficient (Wildman–Crippen LogP) is 3.41. The summed E-state index contributed by atoms with van der Waals surface area (Å²) in [5, 5.41) is 0. The Bertz CT molecular complexity index is 764.